The molecule has 4 nitrogen and oxygen atoms in total. The second-order valence-corrected chi connectivity index (χ2v) is 4.39. The first-order valence-corrected chi connectivity index (χ1v) is 5.86. The maximum absolute atomic E-state index is 13.9. The number of anilines is 1. The monoisotopic (exact) mass is 250 g/mol. The molecule has 0 radical (unpaired) electrons. The van der Waals surface area contributed by atoms with E-state index in [2.05, 4.69) is 0 Å². The minimum Gasteiger partial charge on any atom is -0.359 e. The summed E-state index contributed by atoms with van der Waals surface area (Å²) in [5.41, 5.74) is 0.517. The average Bonchev–Trinajstić information content (AvgIpc) is 2.51. The molecule has 0 aliphatic carbocycles. The van der Waals surface area contributed by atoms with Crippen molar-refractivity contribution in [1.82, 2.24) is 4.90 Å². The Morgan fingerprint density at radius 1 is 1.33 bits per heavy atom. The van der Waals surface area contributed by atoms with Gasteiger partial charge < -0.3 is 9.80 Å². The van der Waals surface area contributed by atoms with Crippen LogP contribution in [-0.4, -0.2) is 43.8 Å². The number of amides is 1. The summed E-state index contributed by atoms with van der Waals surface area (Å²) in [7, 11) is 1.73. The molecule has 0 aromatic heterocycles. The smallest absolute Gasteiger partial charge is 0.241 e. The molecule has 1 aliphatic heterocycles. The Bertz CT molecular complexity index is 476. The summed E-state index contributed by atoms with van der Waals surface area (Å²) in [5, 5.41) is 0. The topological polar surface area (TPSA) is 40.6 Å². The number of carbonyl (C=O) groups excluding carboxylic acids is 2. The molecule has 1 aromatic rings. The molecule has 1 fully saturated rings. The van der Waals surface area contributed by atoms with Gasteiger partial charge in [-0.1, -0.05) is 6.07 Å². The lowest BCUT2D eigenvalue weighted by atomic mass is 10.1. The number of nitrogens with zero attached hydrogens (tertiary/aromatic N) is 2. The number of likely N-dealkylation sites (N-methyl/N-ethyl adjacent to an activating group) is 1. The maximum atomic E-state index is 13.9. The van der Waals surface area contributed by atoms with E-state index >= 15 is 0 Å². The van der Waals surface area contributed by atoms with Gasteiger partial charge in [-0.05, 0) is 18.6 Å². The first-order chi connectivity index (χ1) is 8.63. The zero-order valence-electron chi connectivity index (χ0n) is 10.2. The van der Waals surface area contributed by atoms with Gasteiger partial charge in [-0.3, -0.25) is 9.59 Å². The lowest BCUT2D eigenvalue weighted by molar-refractivity contribution is -0.127. The van der Waals surface area contributed by atoms with Crippen molar-refractivity contribution in [2.75, 3.05) is 31.6 Å². The Kier molecular flexibility index (Phi) is 3.60. The van der Waals surface area contributed by atoms with Crippen LogP contribution in [0.3, 0.4) is 0 Å². The second kappa shape index (κ2) is 5.16. The molecule has 1 saturated heterocycles. The van der Waals surface area contributed by atoms with Crippen LogP contribution in [0, 0.1) is 5.82 Å². The van der Waals surface area contributed by atoms with Crippen molar-refractivity contribution in [2.45, 2.75) is 6.42 Å². The Morgan fingerprint density at radius 3 is 2.83 bits per heavy atom. The Morgan fingerprint density at radius 2 is 2.11 bits per heavy atom. The number of rotatable bonds is 2. The highest BCUT2D eigenvalue weighted by atomic mass is 19.1. The van der Waals surface area contributed by atoms with Gasteiger partial charge in [-0.15, -0.1) is 0 Å². The van der Waals surface area contributed by atoms with Crippen molar-refractivity contribution in [3.05, 3.63) is 29.6 Å². The molecule has 5 heteroatoms. The van der Waals surface area contributed by atoms with Gasteiger partial charge in [0.05, 0.1) is 12.2 Å². The van der Waals surface area contributed by atoms with Crippen LogP contribution in [0.1, 0.15) is 16.8 Å². The Balaban J connectivity index is 2.36. The molecular formula is C13H15FN2O2. The van der Waals surface area contributed by atoms with Crippen LogP contribution < -0.4 is 4.90 Å². The van der Waals surface area contributed by atoms with Crippen LogP contribution in [0.25, 0.3) is 0 Å². The van der Waals surface area contributed by atoms with Crippen LogP contribution >= 0.6 is 0 Å². The van der Waals surface area contributed by atoms with E-state index in [0.717, 1.165) is 6.42 Å². The predicted molar refractivity (Wildman–Crippen MR) is 66.3 cm³/mol. The first kappa shape index (κ1) is 12.5. The van der Waals surface area contributed by atoms with Crippen molar-refractivity contribution >= 4 is 17.9 Å². The number of benzene rings is 1. The highest BCUT2D eigenvalue weighted by molar-refractivity contribution is 5.88. The molecule has 1 aromatic carbocycles. The van der Waals surface area contributed by atoms with E-state index < -0.39 is 5.82 Å². The van der Waals surface area contributed by atoms with Crippen molar-refractivity contribution in [3.63, 3.8) is 0 Å². The minimum absolute atomic E-state index is 0.0624. The SMILES string of the molecule is CN1CCCN(c2c(F)cccc2C=O)CC1=O. The molecule has 1 aliphatic rings. The number of para-hydroxylation sites is 1. The highest BCUT2D eigenvalue weighted by Crippen LogP contribution is 2.24. The molecule has 0 unspecified atom stereocenters. The third-order valence-corrected chi connectivity index (χ3v) is 3.13. The lowest BCUT2D eigenvalue weighted by Gasteiger charge is -2.23. The number of carbonyl (C=O) groups is 2. The number of aldehydes is 1. The van der Waals surface area contributed by atoms with Gasteiger partial charge in [0.25, 0.3) is 0 Å². The molecule has 18 heavy (non-hydrogen) atoms. The van der Waals surface area contributed by atoms with Crippen LogP contribution in [0.4, 0.5) is 10.1 Å². The normalized spacial score (nSPS) is 16.7. The minimum atomic E-state index is -0.461. The van der Waals surface area contributed by atoms with E-state index in [1.165, 1.54) is 12.1 Å². The quantitative estimate of drug-likeness (QED) is 0.743. The zero-order valence-corrected chi connectivity index (χ0v) is 10.2. The van der Waals surface area contributed by atoms with Gasteiger partial charge in [0.2, 0.25) is 5.91 Å². The predicted octanol–water partition coefficient (Wildman–Crippen LogP) is 1.31. The summed E-state index contributed by atoms with van der Waals surface area (Å²) in [4.78, 5) is 26.0. The molecule has 0 spiro atoms. The van der Waals surface area contributed by atoms with Crippen molar-refractivity contribution in [3.8, 4) is 0 Å². The third kappa shape index (κ3) is 2.34. The third-order valence-electron chi connectivity index (χ3n) is 3.13. The molecule has 96 valence electrons. The fourth-order valence-electron chi connectivity index (χ4n) is 2.14. The van der Waals surface area contributed by atoms with E-state index in [1.807, 2.05) is 0 Å². The number of halogens is 1. The average molecular weight is 250 g/mol. The molecule has 1 amide bonds. The molecule has 0 bridgehead atoms. The molecule has 0 N–H and O–H groups in total. The fraction of sp³-hybridized carbons (Fsp3) is 0.385. The van der Waals surface area contributed by atoms with E-state index in [-0.39, 0.29) is 23.7 Å². The Hall–Kier alpha value is -1.91. The highest BCUT2D eigenvalue weighted by Gasteiger charge is 2.23. The van der Waals surface area contributed by atoms with Crippen LogP contribution in [0.2, 0.25) is 0 Å². The summed E-state index contributed by atoms with van der Waals surface area (Å²) >= 11 is 0. The van der Waals surface area contributed by atoms with Gasteiger partial charge in [0, 0.05) is 25.7 Å². The Labute approximate surface area is 105 Å². The van der Waals surface area contributed by atoms with Gasteiger partial charge in [0.15, 0.2) is 6.29 Å². The standard InChI is InChI=1S/C13H15FN2O2/c1-15-6-3-7-16(8-12(15)18)13-10(9-17)4-2-5-11(13)14/h2,4-5,9H,3,6-8H2,1H3. The van der Waals surface area contributed by atoms with Gasteiger partial charge in [-0.25, -0.2) is 4.39 Å². The molecular weight excluding hydrogens is 235 g/mol. The largest absolute Gasteiger partial charge is 0.359 e. The number of hydrogen-bond donors (Lipinski definition) is 0. The van der Waals surface area contributed by atoms with Crippen LogP contribution in [0.5, 0.6) is 0 Å². The number of hydrogen-bond acceptors (Lipinski definition) is 3. The van der Waals surface area contributed by atoms with E-state index in [1.54, 1.807) is 22.9 Å². The summed E-state index contributed by atoms with van der Waals surface area (Å²) < 4.78 is 13.9. The van der Waals surface area contributed by atoms with Crippen molar-refractivity contribution in [1.29, 1.82) is 0 Å². The fourth-order valence-corrected chi connectivity index (χ4v) is 2.14. The van der Waals surface area contributed by atoms with Gasteiger partial charge in [-0.2, -0.15) is 0 Å². The van der Waals surface area contributed by atoms with Gasteiger partial charge >= 0.3 is 0 Å². The molecule has 0 atom stereocenters. The maximum Gasteiger partial charge on any atom is 0.241 e. The van der Waals surface area contributed by atoms with Crippen molar-refractivity contribution < 1.29 is 14.0 Å². The lowest BCUT2D eigenvalue weighted by Crippen LogP contribution is -2.35. The molecule has 0 saturated carbocycles. The summed E-state index contributed by atoms with van der Waals surface area (Å²) in [6.07, 6.45) is 1.38. The van der Waals surface area contributed by atoms with Crippen LogP contribution in [0.15, 0.2) is 18.2 Å². The molecule has 2 rings (SSSR count). The zero-order chi connectivity index (χ0) is 13.1. The first-order valence-electron chi connectivity index (χ1n) is 5.86. The summed E-state index contributed by atoms with van der Waals surface area (Å²) in [6, 6.07) is 4.36. The van der Waals surface area contributed by atoms with Gasteiger partial charge in [0.1, 0.15) is 5.82 Å². The molecule has 1 heterocycles. The second-order valence-electron chi connectivity index (χ2n) is 4.39. The summed E-state index contributed by atoms with van der Waals surface area (Å²) in [6.45, 7) is 1.33. The van der Waals surface area contributed by atoms with E-state index in [9.17, 15) is 14.0 Å². The summed E-state index contributed by atoms with van der Waals surface area (Å²) in [5.74, 6) is -0.524. The van der Waals surface area contributed by atoms with E-state index in [4.69, 9.17) is 0 Å². The van der Waals surface area contributed by atoms with Crippen LogP contribution in [-0.2, 0) is 4.79 Å². The van der Waals surface area contributed by atoms with Crippen molar-refractivity contribution in [2.24, 2.45) is 0 Å². The van der Waals surface area contributed by atoms with E-state index in [0.29, 0.717) is 19.4 Å².